The highest BCUT2D eigenvalue weighted by molar-refractivity contribution is 5.91. The molecule has 0 saturated carbocycles. The molecule has 0 spiro atoms. The van der Waals surface area contributed by atoms with Crippen LogP contribution < -0.4 is 5.32 Å². The summed E-state index contributed by atoms with van der Waals surface area (Å²) in [4.78, 5) is 16.5. The molecule has 2 aromatic carbocycles. The first kappa shape index (κ1) is 18.0. The maximum absolute atomic E-state index is 11.9. The summed E-state index contributed by atoms with van der Waals surface area (Å²) in [5.74, 6) is 0.757. The van der Waals surface area contributed by atoms with Crippen molar-refractivity contribution in [1.29, 1.82) is 0 Å². The Morgan fingerprint density at radius 3 is 2.77 bits per heavy atom. The Kier molecular flexibility index (Phi) is 5.26. The summed E-state index contributed by atoms with van der Waals surface area (Å²) in [6.07, 6.45) is 2.29. The number of carbonyl (C=O) groups excluding carboxylic acids is 1. The number of carbonyl (C=O) groups is 1. The van der Waals surface area contributed by atoms with Gasteiger partial charge in [-0.15, -0.1) is 0 Å². The van der Waals surface area contributed by atoms with Gasteiger partial charge >= 0.3 is 0 Å². The van der Waals surface area contributed by atoms with Gasteiger partial charge in [0.15, 0.2) is 5.58 Å². The van der Waals surface area contributed by atoms with Crippen molar-refractivity contribution in [2.75, 3.05) is 5.32 Å². The molecule has 0 fully saturated rings. The lowest BCUT2D eigenvalue weighted by Gasteiger charge is -2.07. The van der Waals surface area contributed by atoms with Crippen LogP contribution in [-0.4, -0.2) is 16.0 Å². The fraction of sp³-hybridized carbons (Fsp3) is 0.333. The molecule has 0 aliphatic rings. The van der Waals surface area contributed by atoms with E-state index in [9.17, 15) is 9.90 Å². The second-order valence-electron chi connectivity index (χ2n) is 6.78. The monoisotopic (exact) mass is 352 g/mol. The van der Waals surface area contributed by atoms with Crippen molar-refractivity contribution in [3.8, 4) is 17.2 Å². The van der Waals surface area contributed by atoms with Gasteiger partial charge in [-0.05, 0) is 48.2 Å². The molecular formula is C21H24N2O3. The minimum Gasteiger partial charge on any atom is -0.507 e. The van der Waals surface area contributed by atoms with Crippen LogP contribution in [0.15, 0.2) is 40.8 Å². The lowest BCUT2D eigenvalue weighted by atomic mass is 10.0. The average molecular weight is 352 g/mol. The number of amides is 1. The van der Waals surface area contributed by atoms with Gasteiger partial charge in [0, 0.05) is 12.1 Å². The number of aromatic hydroxyl groups is 1. The van der Waals surface area contributed by atoms with Crippen molar-refractivity contribution < 1.29 is 14.3 Å². The number of oxazole rings is 1. The van der Waals surface area contributed by atoms with Crippen LogP contribution in [0.1, 0.15) is 51.5 Å². The Balaban J connectivity index is 1.91. The largest absolute Gasteiger partial charge is 0.507 e. The van der Waals surface area contributed by atoms with E-state index in [1.54, 1.807) is 18.2 Å². The second kappa shape index (κ2) is 7.60. The quantitative estimate of drug-likeness (QED) is 0.578. The van der Waals surface area contributed by atoms with Crippen molar-refractivity contribution in [3.05, 3.63) is 42.0 Å². The molecule has 1 heterocycles. The van der Waals surface area contributed by atoms with Crippen molar-refractivity contribution in [2.24, 2.45) is 0 Å². The summed E-state index contributed by atoms with van der Waals surface area (Å²) in [5.41, 5.74) is 3.67. The van der Waals surface area contributed by atoms with E-state index in [0.29, 0.717) is 35.1 Å². The number of phenols is 1. The zero-order valence-electron chi connectivity index (χ0n) is 15.4. The number of rotatable bonds is 6. The molecule has 0 radical (unpaired) electrons. The molecule has 0 atom stereocenters. The fourth-order valence-electron chi connectivity index (χ4n) is 2.76. The number of hydrogen-bond acceptors (Lipinski definition) is 4. The van der Waals surface area contributed by atoms with E-state index in [2.05, 4.69) is 24.1 Å². The molecule has 5 nitrogen and oxygen atoms in total. The highest BCUT2D eigenvalue weighted by Crippen LogP contribution is 2.34. The van der Waals surface area contributed by atoms with E-state index >= 15 is 0 Å². The zero-order chi connectivity index (χ0) is 18.7. The second-order valence-corrected chi connectivity index (χ2v) is 6.78. The van der Waals surface area contributed by atoms with E-state index in [4.69, 9.17) is 4.42 Å². The van der Waals surface area contributed by atoms with Crippen molar-refractivity contribution in [2.45, 2.75) is 46.0 Å². The predicted octanol–water partition coefficient (Wildman–Crippen LogP) is 5.45. The lowest BCUT2D eigenvalue weighted by Crippen LogP contribution is -2.10. The van der Waals surface area contributed by atoms with Crippen LogP contribution in [0, 0.1) is 0 Å². The summed E-state index contributed by atoms with van der Waals surface area (Å²) in [5, 5.41) is 13.1. The molecule has 1 amide bonds. The number of phenolic OH excluding ortho intramolecular Hbond substituents is 1. The minimum absolute atomic E-state index is 0.0392. The first-order valence-electron chi connectivity index (χ1n) is 9.01. The standard InChI is InChI=1S/C21H24N2O3/c1-4-5-6-20(25)22-15-8-9-18(24)16(12-15)21-23-17-11-14(13(2)3)7-10-19(17)26-21/h7-13,24H,4-6H2,1-3H3,(H,22,25). The fourth-order valence-corrected chi connectivity index (χ4v) is 2.76. The van der Waals surface area contributed by atoms with Crippen LogP contribution in [0.4, 0.5) is 5.69 Å². The summed E-state index contributed by atoms with van der Waals surface area (Å²) in [6.45, 7) is 6.29. The molecule has 3 aromatic rings. The summed E-state index contributed by atoms with van der Waals surface area (Å²) in [6, 6.07) is 10.8. The highest BCUT2D eigenvalue weighted by atomic mass is 16.3. The summed E-state index contributed by atoms with van der Waals surface area (Å²) < 4.78 is 5.81. The van der Waals surface area contributed by atoms with Crippen LogP contribution in [0.25, 0.3) is 22.6 Å². The van der Waals surface area contributed by atoms with E-state index in [0.717, 1.165) is 18.4 Å². The van der Waals surface area contributed by atoms with Gasteiger partial charge in [-0.1, -0.05) is 33.3 Å². The van der Waals surface area contributed by atoms with Crippen molar-refractivity contribution in [3.63, 3.8) is 0 Å². The zero-order valence-corrected chi connectivity index (χ0v) is 15.4. The number of benzene rings is 2. The molecule has 136 valence electrons. The van der Waals surface area contributed by atoms with Crippen LogP contribution in [-0.2, 0) is 4.79 Å². The molecule has 26 heavy (non-hydrogen) atoms. The molecule has 2 N–H and O–H groups in total. The van der Waals surface area contributed by atoms with E-state index in [1.165, 1.54) is 5.56 Å². The van der Waals surface area contributed by atoms with Crippen LogP contribution in [0.5, 0.6) is 5.75 Å². The smallest absolute Gasteiger partial charge is 0.231 e. The third-order valence-electron chi connectivity index (χ3n) is 4.35. The third-order valence-corrected chi connectivity index (χ3v) is 4.35. The Morgan fingerprint density at radius 2 is 2.04 bits per heavy atom. The molecule has 0 aliphatic carbocycles. The van der Waals surface area contributed by atoms with Crippen molar-refractivity contribution >= 4 is 22.7 Å². The number of nitrogens with one attached hydrogen (secondary N) is 1. The summed E-state index contributed by atoms with van der Waals surface area (Å²) >= 11 is 0. The summed E-state index contributed by atoms with van der Waals surface area (Å²) in [7, 11) is 0. The average Bonchev–Trinajstić information content (AvgIpc) is 3.04. The number of hydrogen-bond donors (Lipinski definition) is 2. The SMILES string of the molecule is CCCCC(=O)Nc1ccc(O)c(-c2nc3cc(C(C)C)ccc3o2)c1. The molecule has 5 heteroatoms. The molecular weight excluding hydrogens is 328 g/mol. The number of anilines is 1. The highest BCUT2D eigenvalue weighted by Gasteiger charge is 2.15. The van der Waals surface area contributed by atoms with Crippen molar-refractivity contribution in [1.82, 2.24) is 4.98 Å². The molecule has 1 aromatic heterocycles. The number of nitrogens with zero attached hydrogens (tertiary/aromatic N) is 1. The van der Waals surface area contributed by atoms with E-state index in [-0.39, 0.29) is 11.7 Å². The number of unbranched alkanes of at least 4 members (excludes halogenated alkanes) is 1. The van der Waals surface area contributed by atoms with Gasteiger partial charge in [-0.3, -0.25) is 4.79 Å². The predicted molar refractivity (Wildman–Crippen MR) is 103 cm³/mol. The molecule has 3 rings (SSSR count). The van der Waals surface area contributed by atoms with Crippen LogP contribution in [0.3, 0.4) is 0 Å². The van der Waals surface area contributed by atoms with Gasteiger partial charge in [0.2, 0.25) is 11.8 Å². The lowest BCUT2D eigenvalue weighted by molar-refractivity contribution is -0.116. The minimum atomic E-state index is -0.0392. The Bertz CT molecular complexity index is 928. The maximum atomic E-state index is 11.9. The number of fused-ring (bicyclic) bond motifs is 1. The molecule has 0 aliphatic heterocycles. The van der Waals surface area contributed by atoms with Gasteiger partial charge in [0.05, 0.1) is 5.56 Å². The Labute approximate surface area is 153 Å². The molecule has 0 unspecified atom stereocenters. The first-order valence-corrected chi connectivity index (χ1v) is 9.01. The Morgan fingerprint density at radius 1 is 1.23 bits per heavy atom. The van der Waals surface area contributed by atoms with Gasteiger partial charge in [0.25, 0.3) is 0 Å². The topological polar surface area (TPSA) is 75.4 Å². The first-order chi connectivity index (χ1) is 12.5. The van der Waals surface area contributed by atoms with Gasteiger partial charge in [-0.25, -0.2) is 4.98 Å². The Hall–Kier alpha value is -2.82. The van der Waals surface area contributed by atoms with E-state index in [1.807, 2.05) is 25.1 Å². The van der Waals surface area contributed by atoms with Crippen LogP contribution in [0.2, 0.25) is 0 Å². The third kappa shape index (κ3) is 3.87. The maximum Gasteiger partial charge on any atom is 0.231 e. The normalized spacial score (nSPS) is 11.2. The van der Waals surface area contributed by atoms with Gasteiger partial charge in [0.1, 0.15) is 11.3 Å². The van der Waals surface area contributed by atoms with Gasteiger partial charge in [-0.2, -0.15) is 0 Å². The van der Waals surface area contributed by atoms with Crippen LogP contribution >= 0.6 is 0 Å². The molecule has 0 saturated heterocycles. The van der Waals surface area contributed by atoms with E-state index < -0.39 is 0 Å². The molecule has 0 bridgehead atoms. The number of aromatic nitrogens is 1. The van der Waals surface area contributed by atoms with Gasteiger partial charge < -0.3 is 14.8 Å².